The van der Waals surface area contributed by atoms with Gasteiger partial charge in [-0.1, -0.05) is 91.0 Å². The van der Waals surface area contributed by atoms with E-state index in [0.29, 0.717) is 0 Å². The molecule has 1 nitrogen and oxygen atoms in total. The predicted octanol–water partition coefficient (Wildman–Crippen LogP) is 8.59. The molecule has 158 valence electrons. The number of hydrogen-bond donors (Lipinski definition) is 0. The Morgan fingerprint density at radius 1 is 0.438 bits per heavy atom. The van der Waals surface area contributed by atoms with E-state index in [0.717, 1.165) is 56.1 Å². The smallest absolute Gasteiger partial charge is 0.175 e. The van der Waals surface area contributed by atoms with Crippen LogP contribution in [0.5, 0.6) is 0 Å². The fourth-order valence-corrected chi connectivity index (χ4v) is 12.7. The summed E-state index contributed by atoms with van der Waals surface area (Å²) in [4.78, 5) is 0. The zero-order valence-corrected chi connectivity index (χ0v) is 23.8. The molecule has 0 spiro atoms. The van der Waals surface area contributed by atoms with Crippen LogP contribution in [0, 0.1) is 0 Å². The summed E-state index contributed by atoms with van der Waals surface area (Å²) in [5.41, 5.74) is 4.07. The lowest BCUT2D eigenvalue weighted by Crippen LogP contribution is -2.26. The topological polar surface area (TPSA) is 17.1 Å². The highest BCUT2D eigenvalue weighted by Crippen LogP contribution is 2.57. The third kappa shape index (κ3) is 3.40. The third-order valence-corrected chi connectivity index (χ3v) is 13.3. The van der Waals surface area contributed by atoms with Gasteiger partial charge in [-0.3, -0.25) is 0 Å². The van der Waals surface area contributed by atoms with Crippen LogP contribution in [0.25, 0.3) is 22.3 Å². The maximum Gasteiger partial charge on any atom is 0.175 e. The van der Waals surface area contributed by atoms with Crippen molar-refractivity contribution in [3.63, 3.8) is 0 Å². The minimum atomic E-state index is -3.31. The molecule has 0 fully saturated rings. The number of rotatable bonds is 3. The summed E-state index contributed by atoms with van der Waals surface area (Å²) in [6.45, 7) is 0. The van der Waals surface area contributed by atoms with Gasteiger partial charge in [0.15, 0.2) is 7.14 Å². The van der Waals surface area contributed by atoms with Crippen molar-refractivity contribution in [1.29, 1.82) is 0 Å². The highest BCUT2D eigenvalue weighted by molar-refractivity contribution is 9.12. The molecule has 4 aliphatic carbocycles. The first-order valence-corrected chi connectivity index (χ1v) is 14.7. The van der Waals surface area contributed by atoms with Crippen LogP contribution in [0.3, 0.4) is 0 Å². The second-order valence-electron chi connectivity index (χ2n) is 7.37. The van der Waals surface area contributed by atoms with Crippen molar-refractivity contribution in [3.05, 3.63) is 109 Å². The van der Waals surface area contributed by atoms with Crippen molar-refractivity contribution >= 4 is 86.8 Å². The van der Waals surface area contributed by atoms with E-state index >= 15 is 4.57 Å². The molecular formula is C26H15Br4OP. The molecule has 32 heavy (non-hydrogen) atoms. The first kappa shape index (κ1) is 22.6. The van der Waals surface area contributed by atoms with E-state index in [1.807, 2.05) is 66.7 Å². The molecule has 0 saturated carbocycles. The Morgan fingerprint density at radius 2 is 0.719 bits per heavy atom. The van der Waals surface area contributed by atoms with Gasteiger partial charge in [-0.25, -0.2) is 0 Å². The third-order valence-electron chi connectivity index (χ3n) is 5.60. The van der Waals surface area contributed by atoms with E-state index in [4.69, 9.17) is 0 Å². The van der Waals surface area contributed by atoms with E-state index < -0.39 is 7.14 Å². The molecular weight excluding hydrogens is 679 g/mol. The maximum absolute atomic E-state index is 15.5. The fraction of sp³-hybridized carbons (Fsp3) is 0. The molecule has 0 atom stereocenters. The normalized spacial score (nSPS) is 11.9. The molecule has 0 saturated heterocycles. The minimum absolute atomic E-state index is 0.769. The van der Waals surface area contributed by atoms with E-state index in [1.165, 1.54) is 0 Å². The molecule has 5 rings (SSSR count). The van der Waals surface area contributed by atoms with Crippen LogP contribution in [0.1, 0.15) is 0 Å². The highest BCUT2D eigenvalue weighted by Gasteiger charge is 2.42. The zero-order valence-electron chi connectivity index (χ0n) is 16.5. The summed E-state index contributed by atoms with van der Waals surface area (Å²) in [6, 6.07) is 29.9. The van der Waals surface area contributed by atoms with Crippen LogP contribution in [-0.4, -0.2) is 0 Å². The quantitative estimate of drug-likeness (QED) is 0.173. The van der Waals surface area contributed by atoms with Crippen molar-refractivity contribution in [2.24, 2.45) is 0 Å². The monoisotopic (exact) mass is 690 g/mol. The summed E-state index contributed by atoms with van der Waals surface area (Å²) in [5, 5.41) is 2.32. The molecule has 0 bridgehead atoms. The fourth-order valence-electron chi connectivity index (χ4n) is 4.12. The van der Waals surface area contributed by atoms with Gasteiger partial charge >= 0.3 is 0 Å². The standard InChI is InChI=1S/C26H15Br4OP/c27-21-17-12-6-2-7-13-18(17)22(28)25(21)32(31,16-10-4-1-5-11-16)26-23(29)19-14-8-3-9-15-20(19)24(26)30/h1-15H. The molecule has 1 aromatic rings. The molecule has 4 aliphatic rings. The lowest BCUT2D eigenvalue weighted by molar-refractivity contribution is 0.592. The average Bonchev–Trinajstić information content (AvgIpc) is 3.05. The van der Waals surface area contributed by atoms with Crippen LogP contribution < -0.4 is 15.9 Å². The second-order valence-corrected chi connectivity index (χ2v) is 13.2. The first-order chi connectivity index (χ1) is 15.5. The number of halogens is 4. The lowest BCUT2D eigenvalue weighted by atomic mass is 10.2. The second kappa shape index (κ2) is 8.85. The molecule has 0 N–H and O–H groups in total. The zero-order chi connectivity index (χ0) is 22.5. The SMILES string of the molecule is O=P(c1ccccc1)(c1c(Br)c2cccccc-2c1Br)c1c(Br)c2cccccc-2c1Br. The Labute approximate surface area is 220 Å². The van der Waals surface area contributed by atoms with Crippen LogP contribution in [0.4, 0.5) is 0 Å². The largest absolute Gasteiger partial charge is 0.308 e. The summed E-state index contributed by atoms with van der Waals surface area (Å²) in [7, 11) is -3.31. The molecule has 0 amide bonds. The Balaban J connectivity index is 1.97. The summed E-state index contributed by atoms with van der Waals surface area (Å²) in [6.07, 6.45) is 0. The van der Waals surface area contributed by atoms with E-state index in [-0.39, 0.29) is 0 Å². The highest BCUT2D eigenvalue weighted by atomic mass is 79.9. The number of hydrogen-bond acceptors (Lipinski definition) is 1. The first-order valence-electron chi connectivity index (χ1n) is 9.84. The van der Waals surface area contributed by atoms with Gasteiger partial charge < -0.3 is 4.57 Å². The average molecular weight is 694 g/mol. The molecule has 0 heterocycles. The van der Waals surface area contributed by atoms with Crippen molar-refractivity contribution < 1.29 is 4.57 Å². The maximum atomic E-state index is 15.5. The van der Waals surface area contributed by atoms with Gasteiger partial charge in [0, 0.05) is 33.8 Å². The number of benzene rings is 1. The van der Waals surface area contributed by atoms with Crippen molar-refractivity contribution in [2.75, 3.05) is 0 Å². The Morgan fingerprint density at radius 3 is 1.03 bits per heavy atom. The van der Waals surface area contributed by atoms with Gasteiger partial charge in [0.1, 0.15) is 0 Å². The molecule has 0 aromatic heterocycles. The Hall–Kier alpha value is -1.23. The van der Waals surface area contributed by atoms with Gasteiger partial charge in [-0.2, -0.15) is 0 Å². The molecule has 1 aromatic carbocycles. The van der Waals surface area contributed by atoms with Crippen LogP contribution in [-0.2, 0) is 4.57 Å². The van der Waals surface area contributed by atoms with Crippen LogP contribution in [0.15, 0.2) is 109 Å². The Bertz CT molecular complexity index is 1290. The van der Waals surface area contributed by atoms with Crippen LogP contribution >= 0.6 is 70.9 Å². The van der Waals surface area contributed by atoms with Crippen molar-refractivity contribution in [1.82, 2.24) is 0 Å². The lowest BCUT2D eigenvalue weighted by Gasteiger charge is -2.21. The van der Waals surface area contributed by atoms with Crippen molar-refractivity contribution in [3.8, 4) is 22.3 Å². The number of fused-ring (bicyclic) bond motifs is 2. The van der Waals surface area contributed by atoms with Gasteiger partial charge in [-0.15, -0.1) is 0 Å². The van der Waals surface area contributed by atoms with Gasteiger partial charge in [0.05, 0.1) is 0 Å². The van der Waals surface area contributed by atoms with E-state index in [9.17, 15) is 0 Å². The Kier molecular flexibility index (Phi) is 6.24. The van der Waals surface area contributed by atoms with Crippen LogP contribution in [0.2, 0.25) is 0 Å². The summed E-state index contributed by atoms with van der Waals surface area (Å²) in [5.74, 6) is 0. The summed E-state index contributed by atoms with van der Waals surface area (Å²) < 4.78 is 18.9. The molecule has 0 radical (unpaired) electrons. The van der Waals surface area contributed by atoms with Gasteiger partial charge in [0.25, 0.3) is 0 Å². The van der Waals surface area contributed by atoms with Crippen molar-refractivity contribution in [2.45, 2.75) is 0 Å². The molecule has 0 unspecified atom stereocenters. The van der Waals surface area contributed by atoms with E-state index in [2.05, 4.69) is 88.0 Å². The molecule has 6 heteroatoms. The van der Waals surface area contributed by atoms with Gasteiger partial charge in [-0.05, 0) is 86.0 Å². The van der Waals surface area contributed by atoms with E-state index in [1.54, 1.807) is 0 Å². The summed E-state index contributed by atoms with van der Waals surface area (Å²) >= 11 is 15.3. The predicted molar refractivity (Wildman–Crippen MR) is 150 cm³/mol. The van der Waals surface area contributed by atoms with Gasteiger partial charge in [0.2, 0.25) is 0 Å². The minimum Gasteiger partial charge on any atom is -0.308 e. The molecule has 0 aliphatic heterocycles.